The quantitative estimate of drug-likeness (QED) is 0.909. The fraction of sp³-hybridized carbons (Fsp3) is 0.389. The van der Waals surface area contributed by atoms with E-state index >= 15 is 0 Å². The second kappa shape index (κ2) is 6.43. The third-order valence-electron chi connectivity index (χ3n) is 4.63. The van der Waals surface area contributed by atoms with Crippen LogP contribution in [0, 0.1) is 5.92 Å². The molecule has 3 rings (SSSR count). The van der Waals surface area contributed by atoms with Crippen molar-refractivity contribution in [2.75, 3.05) is 13.1 Å². The Morgan fingerprint density at radius 1 is 1.08 bits per heavy atom. The minimum atomic E-state index is -4.60. The first-order chi connectivity index (χ1) is 11.4. The third kappa shape index (κ3) is 3.24. The molecule has 0 bridgehead atoms. The maximum Gasteiger partial charge on any atom is 0.414 e. The Kier molecular flexibility index (Phi) is 4.49. The van der Waals surface area contributed by atoms with E-state index in [0.29, 0.717) is 5.56 Å². The number of fused-ring (bicyclic) bond motifs is 1. The highest BCUT2D eigenvalue weighted by Gasteiger charge is 2.44. The molecular formula is C18H18F3NO2. The molecule has 0 aliphatic carbocycles. The average Bonchev–Trinajstić information content (AvgIpc) is 2.59. The van der Waals surface area contributed by atoms with Crippen LogP contribution in [0.2, 0.25) is 0 Å². The summed E-state index contributed by atoms with van der Waals surface area (Å²) >= 11 is 0. The number of nitrogens with zero attached hydrogens (tertiary/aromatic N) is 1. The predicted molar refractivity (Wildman–Crippen MR) is 84.6 cm³/mol. The molecule has 1 aliphatic heterocycles. The lowest BCUT2D eigenvalue weighted by molar-refractivity contribution is -0.222. The number of benzene rings is 2. The first kappa shape index (κ1) is 16.8. The monoisotopic (exact) mass is 337 g/mol. The van der Waals surface area contributed by atoms with Crippen molar-refractivity contribution >= 4 is 16.7 Å². The SMILES string of the molecule is O=C(c1cccc2ccccc12)N1CCC(C(O)C(F)(F)F)CC1. The average molecular weight is 337 g/mol. The van der Waals surface area contributed by atoms with E-state index in [1.165, 1.54) is 0 Å². The first-order valence-corrected chi connectivity index (χ1v) is 7.90. The summed E-state index contributed by atoms with van der Waals surface area (Å²) in [7, 11) is 0. The van der Waals surface area contributed by atoms with Crippen LogP contribution in [0.25, 0.3) is 10.8 Å². The van der Waals surface area contributed by atoms with E-state index in [0.717, 1.165) is 10.8 Å². The lowest BCUT2D eigenvalue weighted by Crippen LogP contribution is -2.45. The molecule has 0 saturated carbocycles. The molecule has 2 aromatic carbocycles. The molecule has 3 nitrogen and oxygen atoms in total. The maximum atomic E-state index is 12.7. The van der Waals surface area contributed by atoms with Crippen LogP contribution in [-0.4, -0.2) is 41.3 Å². The van der Waals surface area contributed by atoms with Gasteiger partial charge in [0.2, 0.25) is 0 Å². The van der Waals surface area contributed by atoms with E-state index in [1.807, 2.05) is 30.3 Å². The van der Waals surface area contributed by atoms with Gasteiger partial charge in [-0.3, -0.25) is 4.79 Å². The zero-order valence-corrected chi connectivity index (χ0v) is 13.0. The second-order valence-corrected chi connectivity index (χ2v) is 6.14. The molecule has 1 amide bonds. The summed E-state index contributed by atoms with van der Waals surface area (Å²) in [5.74, 6) is -1.02. The van der Waals surface area contributed by atoms with Gasteiger partial charge in [-0.2, -0.15) is 13.2 Å². The van der Waals surface area contributed by atoms with E-state index < -0.39 is 18.2 Å². The topological polar surface area (TPSA) is 40.5 Å². The van der Waals surface area contributed by atoms with Gasteiger partial charge in [-0.05, 0) is 35.6 Å². The molecule has 0 radical (unpaired) electrons. The van der Waals surface area contributed by atoms with Gasteiger partial charge in [-0.15, -0.1) is 0 Å². The summed E-state index contributed by atoms with van der Waals surface area (Å²) in [6.45, 7) is 0.444. The number of likely N-dealkylation sites (tertiary alicyclic amines) is 1. The summed E-state index contributed by atoms with van der Waals surface area (Å²) < 4.78 is 37.8. The normalized spacial score (nSPS) is 17.9. The number of alkyl halides is 3. The number of aliphatic hydroxyl groups excluding tert-OH is 1. The lowest BCUT2D eigenvalue weighted by atomic mass is 9.90. The number of rotatable bonds is 2. The summed E-state index contributed by atoms with van der Waals surface area (Å²) in [6, 6.07) is 13.0. The van der Waals surface area contributed by atoms with Crippen molar-refractivity contribution in [1.82, 2.24) is 4.90 Å². The highest BCUT2D eigenvalue weighted by molar-refractivity contribution is 6.07. The predicted octanol–water partition coefficient (Wildman–Crippen LogP) is 3.62. The van der Waals surface area contributed by atoms with E-state index in [4.69, 9.17) is 0 Å². The van der Waals surface area contributed by atoms with Gasteiger partial charge in [-0.1, -0.05) is 36.4 Å². The molecule has 1 saturated heterocycles. The number of carbonyl (C=O) groups is 1. The fourth-order valence-corrected chi connectivity index (χ4v) is 3.27. The molecule has 0 spiro atoms. The van der Waals surface area contributed by atoms with Crippen molar-refractivity contribution in [1.29, 1.82) is 0 Å². The van der Waals surface area contributed by atoms with Gasteiger partial charge in [0.15, 0.2) is 6.10 Å². The van der Waals surface area contributed by atoms with Crippen LogP contribution in [0.5, 0.6) is 0 Å². The highest BCUT2D eigenvalue weighted by Crippen LogP contribution is 2.32. The number of piperidine rings is 1. The van der Waals surface area contributed by atoms with Crippen LogP contribution in [0.1, 0.15) is 23.2 Å². The Bertz CT molecular complexity index is 731. The van der Waals surface area contributed by atoms with Gasteiger partial charge in [0.05, 0.1) is 0 Å². The minimum absolute atomic E-state index is 0.150. The molecule has 1 fully saturated rings. The molecule has 1 heterocycles. The number of hydrogen-bond donors (Lipinski definition) is 1. The van der Waals surface area contributed by atoms with Crippen molar-refractivity contribution in [2.45, 2.75) is 25.1 Å². The first-order valence-electron chi connectivity index (χ1n) is 7.90. The molecule has 2 aromatic rings. The Morgan fingerprint density at radius 2 is 1.71 bits per heavy atom. The summed E-state index contributed by atoms with van der Waals surface area (Å²) in [5, 5.41) is 11.2. The van der Waals surface area contributed by atoms with Crippen molar-refractivity contribution in [3.05, 3.63) is 48.0 Å². The minimum Gasteiger partial charge on any atom is -0.383 e. The molecule has 1 atom stereocenters. The standard InChI is InChI=1S/C18H18F3NO2/c19-18(20,21)16(23)13-8-10-22(11-9-13)17(24)15-7-3-5-12-4-1-2-6-14(12)15/h1-7,13,16,23H,8-11H2. The van der Waals surface area contributed by atoms with Gasteiger partial charge in [0.25, 0.3) is 5.91 Å². The smallest absolute Gasteiger partial charge is 0.383 e. The maximum absolute atomic E-state index is 12.7. The molecule has 1 unspecified atom stereocenters. The Hall–Kier alpha value is -2.08. The lowest BCUT2D eigenvalue weighted by Gasteiger charge is -2.35. The Labute approximate surface area is 137 Å². The molecule has 6 heteroatoms. The summed E-state index contributed by atoms with van der Waals surface area (Å²) in [6.07, 6.45) is -6.62. The van der Waals surface area contributed by atoms with Crippen LogP contribution >= 0.6 is 0 Å². The molecular weight excluding hydrogens is 319 g/mol. The van der Waals surface area contributed by atoms with Gasteiger partial charge >= 0.3 is 6.18 Å². The van der Waals surface area contributed by atoms with Gasteiger partial charge in [0.1, 0.15) is 0 Å². The van der Waals surface area contributed by atoms with E-state index in [-0.39, 0.29) is 31.8 Å². The Morgan fingerprint density at radius 3 is 2.38 bits per heavy atom. The largest absolute Gasteiger partial charge is 0.414 e. The van der Waals surface area contributed by atoms with Gasteiger partial charge in [-0.25, -0.2) is 0 Å². The van der Waals surface area contributed by atoms with E-state index in [2.05, 4.69) is 0 Å². The van der Waals surface area contributed by atoms with Crippen LogP contribution in [0.4, 0.5) is 13.2 Å². The zero-order chi connectivity index (χ0) is 17.3. The van der Waals surface area contributed by atoms with E-state index in [1.54, 1.807) is 17.0 Å². The van der Waals surface area contributed by atoms with Gasteiger partial charge < -0.3 is 10.0 Å². The van der Waals surface area contributed by atoms with Crippen molar-refractivity contribution in [2.24, 2.45) is 5.92 Å². The van der Waals surface area contributed by atoms with Crippen LogP contribution in [-0.2, 0) is 0 Å². The summed E-state index contributed by atoms with van der Waals surface area (Å²) in [5.41, 5.74) is 0.558. The van der Waals surface area contributed by atoms with Crippen LogP contribution < -0.4 is 0 Å². The summed E-state index contributed by atoms with van der Waals surface area (Å²) in [4.78, 5) is 14.3. The van der Waals surface area contributed by atoms with Crippen molar-refractivity contribution in [3.8, 4) is 0 Å². The fourth-order valence-electron chi connectivity index (χ4n) is 3.27. The van der Waals surface area contributed by atoms with Crippen LogP contribution in [0.15, 0.2) is 42.5 Å². The van der Waals surface area contributed by atoms with Crippen LogP contribution in [0.3, 0.4) is 0 Å². The second-order valence-electron chi connectivity index (χ2n) is 6.14. The number of aliphatic hydroxyl groups is 1. The zero-order valence-electron chi connectivity index (χ0n) is 13.0. The van der Waals surface area contributed by atoms with Gasteiger partial charge in [0, 0.05) is 18.7 Å². The number of amides is 1. The molecule has 24 heavy (non-hydrogen) atoms. The molecule has 0 aromatic heterocycles. The van der Waals surface area contributed by atoms with E-state index in [9.17, 15) is 23.1 Å². The molecule has 1 N–H and O–H groups in total. The number of halogens is 3. The third-order valence-corrected chi connectivity index (χ3v) is 4.63. The molecule has 1 aliphatic rings. The highest BCUT2D eigenvalue weighted by atomic mass is 19.4. The number of carbonyl (C=O) groups excluding carboxylic acids is 1. The number of hydrogen-bond acceptors (Lipinski definition) is 2. The van der Waals surface area contributed by atoms with Crippen molar-refractivity contribution in [3.63, 3.8) is 0 Å². The van der Waals surface area contributed by atoms with Crippen molar-refractivity contribution < 1.29 is 23.1 Å². The Balaban J connectivity index is 1.73. The molecule has 128 valence electrons.